The number of ether oxygens (including phenoxy) is 3. The molecule has 0 saturated heterocycles. The van der Waals surface area contributed by atoms with Gasteiger partial charge in [0.25, 0.3) is 0 Å². The van der Waals surface area contributed by atoms with Crippen LogP contribution < -0.4 is 19.5 Å². The van der Waals surface area contributed by atoms with Crippen molar-refractivity contribution in [1.29, 1.82) is 0 Å². The maximum absolute atomic E-state index is 6.00. The van der Waals surface area contributed by atoms with Crippen molar-refractivity contribution in [2.75, 3.05) is 26.6 Å². The van der Waals surface area contributed by atoms with Crippen molar-refractivity contribution in [3.8, 4) is 17.2 Å². The van der Waals surface area contributed by atoms with Crippen molar-refractivity contribution in [2.45, 2.75) is 13.1 Å². The maximum atomic E-state index is 6.00. The number of anilines is 1. The molecule has 5 nitrogen and oxygen atoms in total. The number of nitrogens with one attached hydrogen (secondary N) is 1. The van der Waals surface area contributed by atoms with Crippen molar-refractivity contribution in [3.63, 3.8) is 0 Å². The summed E-state index contributed by atoms with van der Waals surface area (Å²) in [4.78, 5) is 2.09. The van der Waals surface area contributed by atoms with Crippen LogP contribution in [0.3, 0.4) is 0 Å². The number of nitrogens with zero attached hydrogens (tertiary/aromatic N) is 1. The van der Waals surface area contributed by atoms with Gasteiger partial charge in [0.15, 0.2) is 16.6 Å². The van der Waals surface area contributed by atoms with Gasteiger partial charge in [-0.2, -0.15) is 0 Å². The molecule has 0 atom stereocenters. The lowest BCUT2D eigenvalue weighted by atomic mass is 10.1. The molecule has 3 aromatic carbocycles. The zero-order valence-electron chi connectivity index (χ0n) is 17.7. The molecule has 0 aliphatic rings. The van der Waals surface area contributed by atoms with Gasteiger partial charge in [0.05, 0.1) is 21.3 Å². The predicted octanol–water partition coefficient (Wildman–Crippen LogP) is 5.77. The third-order valence-corrected chi connectivity index (χ3v) is 5.35. The Hall–Kier alpha value is -2.96. The van der Waals surface area contributed by atoms with E-state index in [9.17, 15) is 0 Å². The number of halogens is 1. The summed E-state index contributed by atoms with van der Waals surface area (Å²) in [6, 6.07) is 21.3. The number of hydrogen-bond donors (Lipinski definition) is 1. The van der Waals surface area contributed by atoms with Gasteiger partial charge in [-0.1, -0.05) is 29.8 Å². The quantitative estimate of drug-likeness (QED) is 0.434. The lowest BCUT2D eigenvalue weighted by molar-refractivity contribution is 0.352. The Labute approximate surface area is 193 Å². The van der Waals surface area contributed by atoms with E-state index < -0.39 is 0 Å². The van der Waals surface area contributed by atoms with Crippen LogP contribution in [0, 0.1) is 0 Å². The highest BCUT2D eigenvalue weighted by atomic mass is 35.5. The maximum Gasteiger partial charge on any atom is 0.174 e. The van der Waals surface area contributed by atoms with Crippen LogP contribution in [0.25, 0.3) is 0 Å². The second-order valence-corrected chi connectivity index (χ2v) is 7.65. The van der Waals surface area contributed by atoms with Crippen molar-refractivity contribution < 1.29 is 14.2 Å². The van der Waals surface area contributed by atoms with Crippen molar-refractivity contribution in [2.24, 2.45) is 0 Å². The molecule has 0 aliphatic carbocycles. The van der Waals surface area contributed by atoms with Crippen LogP contribution in [-0.2, 0) is 13.1 Å². The summed E-state index contributed by atoms with van der Waals surface area (Å²) in [5, 5.41) is 4.58. The molecule has 0 fully saturated rings. The highest BCUT2D eigenvalue weighted by Gasteiger charge is 2.14. The van der Waals surface area contributed by atoms with Gasteiger partial charge in [-0.3, -0.25) is 0 Å². The first-order chi connectivity index (χ1) is 15.0. The Balaban J connectivity index is 1.83. The molecule has 0 amide bonds. The molecule has 3 rings (SSSR count). The molecular formula is C24H25ClN2O3S. The van der Waals surface area contributed by atoms with Gasteiger partial charge in [0, 0.05) is 23.8 Å². The Morgan fingerprint density at radius 1 is 0.806 bits per heavy atom. The topological polar surface area (TPSA) is 43.0 Å². The molecule has 1 N–H and O–H groups in total. The van der Waals surface area contributed by atoms with Gasteiger partial charge in [-0.05, 0) is 71.9 Å². The Morgan fingerprint density at radius 3 is 2.03 bits per heavy atom. The second kappa shape index (κ2) is 10.9. The first-order valence-electron chi connectivity index (χ1n) is 9.67. The Kier molecular flexibility index (Phi) is 7.98. The Morgan fingerprint density at radius 2 is 1.42 bits per heavy atom. The van der Waals surface area contributed by atoms with E-state index in [4.69, 9.17) is 38.0 Å². The molecular weight excluding hydrogens is 432 g/mol. The summed E-state index contributed by atoms with van der Waals surface area (Å²) >= 11 is 11.7. The van der Waals surface area contributed by atoms with Crippen LogP contribution in [0.15, 0.2) is 66.7 Å². The molecule has 0 heterocycles. The van der Waals surface area contributed by atoms with E-state index in [-0.39, 0.29) is 0 Å². The number of hydrogen-bond acceptors (Lipinski definition) is 4. The molecule has 162 valence electrons. The van der Waals surface area contributed by atoms with E-state index in [1.54, 1.807) is 21.3 Å². The fourth-order valence-electron chi connectivity index (χ4n) is 3.09. The van der Waals surface area contributed by atoms with E-state index in [2.05, 4.69) is 10.2 Å². The van der Waals surface area contributed by atoms with Gasteiger partial charge >= 0.3 is 0 Å². The number of rotatable bonds is 8. The van der Waals surface area contributed by atoms with Gasteiger partial charge in [-0.25, -0.2) is 0 Å². The van der Waals surface area contributed by atoms with E-state index >= 15 is 0 Å². The molecule has 0 unspecified atom stereocenters. The molecule has 0 aliphatic heterocycles. The van der Waals surface area contributed by atoms with Crippen molar-refractivity contribution in [3.05, 3.63) is 82.9 Å². The van der Waals surface area contributed by atoms with Crippen LogP contribution in [-0.4, -0.2) is 31.3 Å². The minimum absolute atomic E-state index is 0.589. The Bertz CT molecular complexity index is 1010. The van der Waals surface area contributed by atoms with Gasteiger partial charge in [0.2, 0.25) is 0 Å². The average Bonchev–Trinajstić information content (AvgIpc) is 2.80. The zero-order chi connectivity index (χ0) is 22.2. The summed E-state index contributed by atoms with van der Waals surface area (Å²) in [6.45, 7) is 1.21. The summed E-state index contributed by atoms with van der Waals surface area (Å²) in [5.41, 5.74) is 3.04. The molecule has 31 heavy (non-hydrogen) atoms. The highest BCUT2D eigenvalue weighted by molar-refractivity contribution is 7.80. The lowest BCUT2D eigenvalue weighted by Crippen LogP contribution is -2.33. The van der Waals surface area contributed by atoms with Crippen molar-refractivity contribution >= 4 is 34.6 Å². The smallest absolute Gasteiger partial charge is 0.174 e. The first-order valence-corrected chi connectivity index (χ1v) is 10.5. The summed E-state index contributed by atoms with van der Waals surface area (Å²) < 4.78 is 16.1. The third kappa shape index (κ3) is 6.26. The van der Waals surface area contributed by atoms with Crippen LogP contribution in [0.5, 0.6) is 17.2 Å². The molecule has 0 bridgehead atoms. The molecule has 7 heteroatoms. The van der Waals surface area contributed by atoms with Crippen LogP contribution in [0.1, 0.15) is 11.1 Å². The lowest BCUT2D eigenvalue weighted by Gasteiger charge is -2.26. The van der Waals surface area contributed by atoms with Crippen LogP contribution in [0.2, 0.25) is 5.02 Å². The molecule has 0 saturated carbocycles. The van der Waals surface area contributed by atoms with E-state index in [0.717, 1.165) is 22.6 Å². The summed E-state index contributed by atoms with van der Waals surface area (Å²) in [7, 11) is 4.91. The molecule has 3 aromatic rings. The predicted molar refractivity (Wildman–Crippen MR) is 129 cm³/mol. The minimum atomic E-state index is 0.589. The highest BCUT2D eigenvalue weighted by Crippen LogP contribution is 2.28. The van der Waals surface area contributed by atoms with Gasteiger partial charge in [-0.15, -0.1) is 0 Å². The minimum Gasteiger partial charge on any atom is -0.497 e. The molecule has 0 spiro atoms. The summed E-state index contributed by atoms with van der Waals surface area (Å²) in [5.74, 6) is 2.19. The van der Waals surface area contributed by atoms with E-state index in [1.165, 1.54) is 0 Å². The fourth-order valence-corrected chi connectivity index (χ4v) is 3.46. The van der Waals surface area contributed by atoms with Crippen LogP contribution in [0.4, 0.5) is 5.69 Å². The number of thiocarbonyl (C=S) groups is 1. The monoisotopic (exact) mass is 456 g/mol. The first kappa shape index (κ1) is 22.7. The van der Waals surface area contributed by atoms with E-state index in [1.807, 2.05) is 66.7 Å². The SMILES string of the molecule is COc1ccc(CN(Cc2ccc(OC)c(OC)c2)C(=S)Nc2ccc(Cl)cc2)cc1. The molecule has 0 aromatic heterocycles. The van der Waals surface area contributed by atoms with Crippen LogP contribution >= 0.6 is 23.8 Å². The van der Waals surface area contributed by atoms with E-state index in [0.29, 0.717) is 34.7 Å². The summed E-state index contributed by atoms with van der Waals surface area (Å²) in [6.07, 6.45) is 0. The number of benzene rings is 3. The average molecular weight is 457 g/mol. The number of methoxy groups -OCH3 is 3. The fraction of sp³-hybridized carbons (Fsp3) is 0.208. The van der Waals surface area contributed by atoms with Gasteiger partial charge in [0.1, 0.15) is 5.75 Å². The largest absolute Gasteiger partial charge is 0.497 e. The third-order valence-electron chi connectivity index (χ3n) is 4.74. The normalized spacial score (nSPS) is 10.3. The van der Waals surface area contributed by atoms with Crippen molar-refractivity contribution in [1.82, 2.24) is 4.90 Å². The zero-order valence-corrected chi connectivity index (χ0v) is 19.3. The molecule has 0 radical (unpaired) electrons. The second-order valence-electron chi connectivity index (χ2n) is 6.83. The van der Waals surface area contributed by atoms with Gasteiger partial charge < -0.3 is 24.4 Å². The standard InChI is InChI=1S/C24H25ClN2O3S/c1-28-21-11-4-17(5-12-21)15-27(24(31)26-20-9-7-19(25)8-10-20)16-18-6-13-22(29-2)23(14-18)30-3/h4-14H,15-16H2,1-3H3,(H,26,31).